The molecule has 0 saturated carbocycles. The van der Waals surface area contributed by atoms with Crippen molar-refractivity contribution in [3.8, 4) is 0 Å². The van der Waals surface area contributed by atoms with Crippen LogP contribution in [0.25, 0.3) is 0 Å². The van der Waals surface area contributed by atoms with E-state index in [1.165, 1.54) is 0 Å². The van der Waals surface area contributed by atoms with Crippen molar-refractivity contribution < 1.29 is 4.79 Å². The Morgan fingerprint density at radius 2 is 1.55 bits per heavy atom. The fraction of sp³-hybridized carbons (Fsp3) is 0.0476. The predicted molar refractivity (Wildman–Crippen MR) is 129 cm³/mol. The van der Waals surface area contributed by atoms with Gasteiger partial charge in [0.1, 0.15) is 0 Å². The Bertz CT molecular complexity index is 1030. The predicted octanol–water partition coefficient (Wildman–Crippen LogP) is 6.78. The molecule has 0 aliphatic heterocycles. The van der Waals surface area contributed by atoms with Gasteiger partial charge >= 0.3 is 0 Å². The fourth-order valence-corrected chi connectivity index (χ4v) is 3.87. The summed E-state index contributed by atoms with van der Waals surface area (Å²) in [5.41, 5.74) is 2.64. The van der Waals surface area contributed by atoms with Crippen molar-refractivity contribution in [3.05, 3.63) is 82.3 Å². The van der Waals surface area contributed by atoms with E-state index < -0.39 is 0 Å². The second-order valence-electron chi connectivity index (χ2n) is 5.97. The summed E-state index contributed by atoms with van der Waals surface area (Å²) < 4.78 is 0. The van der Waals surface area contributed by atoms with Crippen LogP contribution < -0.4 is 16.0 Å². The molecule has 29 heavy (non-hydrogen) atoms. The fourth-order valence-electron chi connectivity index (χ4n) is 2.58. The first-order chi connectivity index (χ1) is 13.9. The molecule has 0 fully saturated rings. The molecule has 0 saturated heterocycles. The molecular formula is C21H17Cl2N3OS2. The normalized spacial score (nSPS) is 10.3. The second kappa shape index (κ2) is 9.98. The van der Waals surface area contributed by atoms with Gasteiger partial charge in [-0.15, -0.1) is 11.8 Å². The van der Waals surface area contributed by atoms with Gasteiger partial charge in [0, 0.05) is 31.9 Å². The first-order valence-corrected chi connectivity index (χ1v) is 10.9. The van der Waals surface area contributed by atoms with Crippen molar-refractivity contribution in [2.45, 2.75) is 4.90 Å². The molecule has 3 aromatic carbocycles. The summed E-state index contributed by atoms with van der Waals surface area (Å²) in [6.07, 6.45) is 1.96. The van der Waals surface area contributed by atoms with Crippen molar-refractivity contribution in [1.82, 2.24) is 0 Å². The van der Waals surface area contributed by atoms with Crippen molar-refractivity contribution >= 4 is 75.3 Å². The van der Waals surface area contributed by atoms with Crippen molar-refractivity contribution in [2.75, 3.05) is 22.2 Å². The van der Waals surface area contributed by atoms with Gasteiger partial charge in [0.15, 0.2) is 5.11 Å². The summed E-state index contributed by atoms with van der Waals surface area (Å²) >= 11 is 19.0. The third kappa shape index (κ3) is 6.11. The Morgan fingerprint density at radius 1 is 0.862 bits per heavy atom. The zero-order valence-electron chi connectivity index (χ0n) is 15.3. The molecule has 0 bridgehead atoms. The average molecular weight is 462 g/mol. The average Bonchev–Trinajstić information content (AvgIpc) is 2.67. The summed E-state index contributed by atoms with van der Waals surface area (Å²) in [5.74, 6) is -0.201. The number of halogens is 2. The van der Waals surface area contributed by atoms with E-state index in [0.29, 0.717) is 26.4 Å². The zero-order chi connectivity index (χ0) is 20.8. The number of benzene rings is 3. The van der Waals surface area contributed by atoms with Gasteiger partial charge in [-0.3, -0.25) is 4.79 Å². The zero-order valence-corrected chi connectivity index (χ0v) is 18.5. The Balaban J connectivity index is 1.76. The Morgan fingerprint density at radius 3 is 2.21 bits per heavy atom. The van der Waals surface area contributed by atoms with Crippen LogP contribution in [0.1, 0.15) is 10.4 Å². The van der Waals surface area contributed by atoms with Crippen LogP contribution in [0.3, 0.4) is 0 Å². The molecule has 3 N–H and O–H groups in total. The lowest BCUT2D eigenvalue weighted by Gasteiger charge is -2.15. The van der Waals surface area contributed by atoms with E-state index in [1.54, 1.807) is 42.1 Å². The van der Waals surface area contributed by atoms with Gasteiger partial charge in [0.25, 0.3) is 5.91 Å². The highest BCUT2D eigenvalue weighted by Gasteiger charge is 2.11. The van der Waals surface area contributed by atoms with Crippen LogP contribution >= 0.6 is 47.2 Å². The summed E-state index contributed by atoms with van der Waals surface area (Å²) in [6.45, 7) is 0. The summed E-state index contributed by atoms with van der Waals surface area (Å²) in [5, 5.41) is 10.4. The third-order valence-electron chi connectivity index (χ3n) is 3.86. The van der Waals surface area contributed by atoms with Crippen LogP contribution in [0, 0.1) is 0 Å². The highest BCUT2D eigenvalue weighted by atomic mass is 35.5. The lowest BCUT2D eigenvalue weighted by molar-refractivity contribution is 0.102. The molecular weight excluding hydrogens is 445 g/mol. The summed E-state index contributed by atoms with van der Waals surface area (Å²) in [4.78, 5) is 13.5. The quantitative estimate of drug-likeness (QED) is 0.288. The molecule has 0 atom stereocenters. The van der Waals surface area contributed by atoms with Crippen molar-refractivity contribution in [2.24, 2.45) is 0 Å². The largest absolute Gasteiger partial charge is 0.332 e. The highest BCUT2D eigenvalue weighted by molar-refractivity contribution is 7.98. The number of hydrogen-bond acceptors (Lipinski definition) is 3. The van der Waals surface area contributed by atoms with Gasteiger partial charge in [0.2, 0.25) is 0 Å². The Labute approximate surface area is 189 Å². The van der Waals surface area contributed by atoms with Crippen LogP contribution in [0.4, 0.5) is 17.1 Å². The van der Waals surface area contributed by atoms with E-state index in [9.17, 15) is 4.79 Å². The molecule has 0 unspecified atom stereocenters. The second-order valence-corrected chi connectivity index (χ2v) is 8.10. The number of nitrogens with one attached hydrogen (secondary N) is 3. The molecule has 0 aromatic heterocycles. The number of thiocarbonyl (C=S) groups is 1. The number of carbonyl (C=O) groups is 1. The van der Waals surface area contributed by atoms with E-state index in [0.717, 1.165) is 16.3 Å². The van der Waals surface area contributed by atoms with Gasteiger partial charge in [-0.1, -0.05) is 41.4 Å². The first-order valence-electron chi connectivity index (χ1n) is 8.53. The standard InChI is InChI=1S/C21H17Cl2N3OS2/c1-29-19-8-7-13(20(27)24-16-5-3-2-4-6-16)9-18(19)26-21(28)25-17-11-14(22)10-15(23)12-17/h2-12H,1H3,(H,24,27)(H2,25,26,28). The minimum atomic E-state index is -0.201. The molecule has 3 rings (SSSR count). The summed E-state index contributed by atoms with van der Waals surface area (Å²) in [6, 6.07) is 19.8. The number of carbonyl (C=O) groups excluding carboxylic acids is 1. The Hall–Kier alpha value is -2.25. The van der Waals surface area contributed by atoms with Crippen LogP contribution in [0.2, 0.25) is 10.0 Å². The van der Waals surface area contributed by atoms with E-state index in [2.05, 4.69) is 16.0 Å². The van der Waals surface area contributed by atoms with E-state index in [-0.39, 0.29) is 5.91 Å². The van der Waals surface area contributed by atoms with Gasteiger partial charge < -0.3 is 16.0 Å². The molecule has 3 aromatic rings. The molecule has 4 nitrogen and oxygen atoms in total. The monoisotopic (exact) mass is 461 g/mol. The van der Waals surface area contributed by atoms with E-state index in [4.69, 9.17) is 35.4 Å². The molecule has 1 amide bonds. The molecule has 0 aliphatic carbocycles. The number of rotatable bonds is 5. The van der Waals surface area contributed by atoms with E-state index in [1.807, 2.05) is 42.7 Å². The van der Waals surface area contributed by atoms with E-state index >= 15 is 0 Å². The maximum Gasteiger partial charge on any atom is 0.255 e. The van der Waals surface area contributed by atoms with Crippen molar-refractivity contribution in [1.29, 1.82) is 0 Å². The molecule has 0 radical (unpaired) electrons. The number of amides is 1. The molecule has 148 valence electrons. The first kappa shape index (κ1) is 21.5. The van der Waals surface area contributed by atoms with Crippen molar-refractivity contribution in [3.63, 3.8) is 0 Å². The third-order valence-corrected chi connectivity index (χ3v) is 5.30. The number of para-hydroxylation sites is 1. The Kier molecular flexibility index (Phi) is 7.39. The number of anilines is 3. The number of thioether (sulfide) groups is 1. The topological polar surface area (TPSA) is 53.2 Å². The van der Waals surface area contributed by atoms with Crippen LogP contribution in [0.15, 0.2) is 71.6 Å². The molecule has 0 heterocycles. The lowest BCUT2D eigenvalue weighted by Crippen LogP contribution is -2.20. The maximum atomic E-state index is 12.6. The van der Waals surface area contributed by atoms with Crippen LogP contribution in [-0.4, -0.2) is 17.3 Å². The molecule has 8 heteroatoms. The lowest BCUT2D eigenvalue weighted by atomic mass is 10.1. The SMILES string of the molecule is CSc1ccc(C(=O)Nc2ccccc2)cc1NC(=S)Nc1cc(Cl)cc(Cl)c1. The van der Waals surface area contributed by atoms with Gasteiger partial charge in [0.05, 0.1) is 5.69 Å². The highest BCUT2D eigenvalue weighted by Crippen LogP contribution is 2.28. The smallest absolute Gasteiger partial charge is 0.255 e. The van der Waals surface area contributed by atoms with Crippen LogP contribution in [0.5, 0.6) is 0 Å². The maximum absolute atomic E-state index is 12.6. The van der Waals surface area contributed by atoms with Crippen LogP contribution in [-0.2, 0) is 0 Å². The van der Waals surface area contributed by atoms with Gasteiger partial charge in [-0.05, 0) is 67.0 Å². The number of hydrogen-bond donors (Lipinski definition) is 3. The molecule has 0 aliphatic rings. The minimum Gasteiger partial charge on any atom is -0.332 e. The molecule has 0 spiro atoms. The van der Waals surface area contributed by atoms with Gasteiger partial charge in [-0.2, -0.15) is 0 Å². The summed E-state index contributed by atoms with van der Waals surface area (Å²) in [7, 11) is 0. The van der Waals surface area contributed by atoms with Gasteiger partial charge in [-0.25, -0.2) is 0 Å². The minimum absolute atomic E-state index is 0.201.